The van der Waals surface area contributed by atoms with Crippen molar-refractivity contribution in [2.75, 3.05) is 6.54 Å². The topological polar surface area (TPSA) is 40.5 Å². The summed E-state index contributed by atoms with van der Waals surface area (Å²) in [5.41, 5.74) is -0.198. The summed E-state index contributed by atoms with van der Waals surface area (Å²) in [6.45, 7) is 10.3. The van der Waals surface area contributed by atoms with Crippen LogP contribution in [-0.4, -0.2) is 28.2 Å². The van der Waals surface area contributed by atoms with Crippen molar-refractivity contribution in [3.8, 4) is 0 Å². The number of nitrogens with zero attached hydrogens (tertiary/aromatic N) is 1. The average Bonchev–Trinajstić information content (AvgIpc) is 2.62. The van der Waals surface area contributed by atoms with Crippen molar-refractivity contribution >= 4 is 6.09 Å². The first-order valence-electron chi connectivity index (χ1n) is 6.42. The second kappa shape index (κ2) is 5.11. The molecular formula is C14H25NO2. The molecule has 0 saturated heterocycles. The second-order valence-corrected chi connectivity index (χ2v) is 6.24. The van der Waals surface area contributed by atoms with Crippen molar-refractivity contribution in [1.29, 1.82) is 0 Å². The monoisotopic (exact) mass is 239 g/mol. The molecule has 17 heavy (non-hydrogen) atoms. The van der Waals surface area contributed by atoms with E-state index in [0.29, 0.717) is 6.54 Å². The van der Waals surface area contributed by atoms with Gasteiger partial charge in [-0.2, -0.15) is 0 Å². The van der Waals surface area contributed by atoms with Gasteiger partial charge in [0.05, 0.1) is 0 Å². The fourth-order valence-corrected chi connectivity index (χ4v) is 2.79. The summed E-state index contributed by atoms with van der Waals surface area (Å²) in [5, 5.41) is 9.35. The second-order valence-electron chi connectivity index (χ2n) is 6.24. The molecule has 0 aromatic heterocycles. The van der Waals surface area contributed by atoms with E-state index in [2.05, 4.69) is 6.58 Å². The van der Waals surface area contributed by atoms with Gasteiger partial charge in [-0.05, 0) is 45.4 Å². The molecule has 0 aromatic rings. The number of hydrogen-bond acceptors (Lipinski definition) is 1. The van der Waals surface area contributed by atoms with Gasteiger partial charge < -0.3 is 10.0 Å². The summed E-state index contributed by atoms with van der Waals surface area (Å²) in [6.07, 6.45) is 6.73. The Kier molecular flexibility index (Phi) is 4.23. The molecule has 1 aliphatic rings. The van der Waals surface area contributed by atoms with Crippen LogP contribution < -0.4 is 0 Å². The summed E-state index contributed by atoms with van der Waals surface area (Å²) in [6, 6.07) is 0. The minimum Gasteiger partial charge on any atom is -0.465 e. The standard InChI is InChI=1S/C14H25NO2/c1-5-8-14(9-6-7-10-14)11-15(12(16)17)13(2,3)4/h5H,1,6-11H2,2-4H3,(H,16,17). The number of allylic oxidation sites excluding steroid dienone is 1. The molecule has 1 saturated carbocycles. The highest BCUT2D eigenvalue weighted by Gasteiger charge is 2.38. The number of rotatable bonds is 4. The predicted octanol–water partition coefficient (Wildman–Crippen LogP) is 3.90. The molecule has 98 valence electrons. The first-order chi connectivity index (χ1) is 7.81. The van der Waals surface area contributed by atoms with Crippen LogP contribution in [0.2, 0.25) is 0 Å². The normalized spacial score (nSPS) is 19.0. The Bertz CT molecular complexity index is 285. The zero-order valence-corrected chi connectivity index (χ0v) is 11.3. The molecule has 0 aromatic carbocycles. The SMILES string of the molecule is C=CCC1(CN(C(=O)O)C(C)(C)C)CCCC1. The smallest absolute Gasteiger partial charge is 0.407 e. The van der Waals surface area contributed by atoms with Crippen LogP contribution in [0.25, 0.3) is 0 Å². The third-order valence-electron chi connectivity index (χ3n) is 3.78. The molecule has 1 rings (SSSR count). The van der Waals surface area contributed by atoms with Crippen molar-refractivity contribution in [1.82, 2.24) is 4.90 Å². The van der Waals surface area contributed by atoms with Gasteiger partial charge in [-0.15, -0.1) is 6.58 Å². The van der Waals surface area contributed by atoms with Gasteiger partial charge in [0.1, 0.15) is 0 Å². The van der Waals surface area contributed by atoms with Gasteiger partial charge in [-0.1, -0.05) is 18.9 Å². The lowest BCUT2D eigenvalue weighted by Gasteiger charge is -2.40. The van der Waals surface area contributed by atoms with Gasteiger partial charge >= 0.3 is 6.09 Å². The summed E-state index contributed by atoms with van der Waals surface area (Å²) >= 11 is 0. The van der Waals surface area contributed by atoms with Crippen molar-refractivity contribution in [3.63, 3.8) is 0 Å². The quantitative estimate of drug-likeness (QED) is 0.756. The van der Waals surface area contributed by atoms with Gasteiger partial charge in [0, 0.05) is 12.1 Å². The lowest BCUT2D eigenvalue weighted by Crippen LogP contribution is -2.49. The predicted molar refractivity (Wildman–Crippen MR) is 70.2 cm³/mol. The Morgan fingerprint density at radius 2 is 1.94 bits per heavy atom. The molecule has 3 heteroatoms. The van der Waals surface area contributed by atoms with Crippen LogP contribution in [0.15, 0.2) is 12.7 Å². The molecule has 0 bridgehead atoms. The summed E-state index contributed by atoms with van der Waals surface area (Å²) in [4.78, 5) is 13.0. The maximum atomic E-state index is 11.4. The number of carbonyl (C=O) groups is 1. The zero-order chi connectivity index (χ0) is 13.1. The molecule has 0 spiro atoms. The molecule has 0 radical (unpaired) electrons. The molecule has 0 heterocycles. The maximum Gasteiger partial charge on any atom is 0.407 e. The first-order valence-corrected chi connectivity index (χ1v) is 6.42. The minimum absolute atomic E-state index is 0.132. The van der Waals surface area contributed by atoms with E-state index in [1.54, 1.807) is 4.90 Å². The molecule has 0 aliphatic heterocycles. The van der Waals surface area contributed by atoms with Crippen LogP contribution in [0.4, 0.5) is 4.79 Å². The van der Waals surface area contributed by atoms with E-state index >= 15 is 0 Å². The van der Waals surface area contributed by atoms with E-state index in [4.69, 9.17) is 0 Å². The van der Waals surface area contributed by atoms with E-state index in [9.17, 15) is 9.90 Å². The van der Waals surface area contributed by atoms with Crippen LogP contribution in [-0.2, 0) is 0 Å². The van der Waals surface area contributed by atoms with Gasteiger partial charge in [-0.25, -0.2) is 4.79 Å². The molecule has 0 unspecified atom stereocenters. The van der Waals surface area contributed by atoms with Crippen molar-refractivity contribution in [2.45, 2.75) is 58.4 Å². The fraction of sp³-hybridized carbons (Fsp3) is 0.786. The third-order valence-corrected chi connectivity index (χ3v) is 3.78. The van der Waals surface area contributed by atoms with Crippen molar-refractivity contribution < 1.29 is 9.90 Å². The van der Waals surface area contributed by atoms with Gasteiger partial charge in [0.15, 0.2) is 0 Å². The van der Waals surface area contributed by atoms with E-state index in [1.807, 2.05) is 26.8 Å². The molecule has 0 atom stereocenters. The van der Waals surface area contributed by atoms with Crippen LogP contribution in [0.5, 0.6) is 0 Å². The van der Waals surface area contributed by atoms with Crippen molar-refractivity contribution in [3.05, 3.63) is 12.7 Å². The van der Waals surface area contributed by atoms with E-state index < -0.39 is 6.09 Å². The summed E-state index contributed by atoms with van der Waals surface area (Å²) in [5.74, 6) is 0. The summed E-state index contributed by atoms with van der Waals surface area (Å²) < 4.78 is 0. The van der Waals surface area contributed by atoms with Crippen molar-refractivity contribution in [2.24, 2.45) is 5.41 Å². The summed E-state index contributed by atoms with van der Waals surface area (Å²) in [7, 11) is 0. The van der Waals surface area contributed by atoms with Crippen LogP contribution >= 0.6 is 0 Å². The van der Waals surface area contributed by atoms with Gasteiger partial charge in [-0.3, -0.25) is 0 Å². The Labute approximate surface area is 105 Å². The Hall–Kier alpha value is -0.990. The Morgan fingerprint density at radius 3 is 2.29 bits per heavy atom. The first kappa shape index (κ1) is 14.1. The fourth-order valence-electron chi connectivity index (χ4n) is 2.79. The Morgan fingerprint density at radius 1 is 1.41 bits per heavy atom. The molecule has 1 aliphatic carbocycles. The largest absolute Gasteiger partial charge is 0.465 e. The molecule has 1 amide bonds. The molecule has 1 fully saturated rings. The van der Waals surface area contributed by atoms with Crippen LogP contribution in [0, 0.1) is 5.41 Å². The third kappa shape index (κ3) is 3.48. The minimum atomic E-state index is -0.812. The van der Waals surface area contributed by atoms with E-state index in [-0.39, 0.29) is 11.0 Å². The van der Waals surface area contributed by atoms with Crippen LogP contribution in [0.1, 0.15) is 52.9 Å². The average molecular weight is 239 g/mol. The van der Waals surface area contributed by atoms with E-state index in [1.165, 1.54) is 12.8 Å². The highest BCUT2D eigenvalue weighted by atomic mass is 16.4. The Balaban J connectivity index is 2.83. The lowest BCUT2D eigenvalue weighted by atomic mass is 9.81. The van der Waals surface area contributed by atoms with E-state index in [0.717, 1.165) is 19.3 Å². The van der Waals surface area contributed by atoms with Gasteiger partial charge in [0.25, 0.3) is 0 Å². The number of hydrogen-bond donors (Lipinski definition) is 1. The molecule has 1 N–H and O–H groups in total. The number of carboxylic acid groups (broad SMARTS) is 1. The number of amides is 1. The van der Waals surface area contributed by atoms with Crippen LogP contribution in [0.3, 0.4) is 0 Å². The zero-order valence-electron chi connectivity index (χ0n) is 11.3. The van der Waals surface area contributed by atoms with Gasteiger partial charge in [0.2, 0.25) is 0 Å². The lowest BCUT2D eigenvalue weighted by molar-refractivity contribution is 0.0649. The molecular weight excluding hydrogens is 214 g/mol. The molecule has 3 nitrogen and oxygen atoms in total. The highest BCUT2D eigenvalue weighted by Crippen LogP contribution is 2.43. The highest BCUT2D eigenvalue weighted by molar-refractivity contribution is 5.66. The maximum absolute atomic E-state index is 11.4.